The van der Waals surface area contributed by atoms with Crippen LogP contribution in [0.3, 0.4) is 0 Å². The summed E-state index contributed by atoms with van der Waals surface area (Å²) in [7, 11) is 0. The van der Waals surface area contributed by atoms with E-state index in [9.17, 15) is 0 Å². The normalized spacial score (nSPS) is 19.8. The highest BCUT2D eigenvalue weighted by molar-refractivity contribution is 6.10. The minimum absolute atomic E-state index is 0.0135. The molecule has 2 heteroatoms. The highest BCUT2D eigenvalue weighted by atomic mass is 15.0. The summed E-state index contributed by atoms with van der Waals surface area (Å²) in [6, 6.07) is 67.8. The summed E-state index contributed by atoms with van der Waals surface area (Å²) in [4.78, 5) is 0. The van der Waals surface area contributed by atoms with E-state index < -0.39 is 0 Å². The van der Waals surface area contributed by atoms with E-state index >= 15 is 0 Å². The molecule has 6 aliphatic carbocycles. The molecule has 10 aromatic rings. The Morgan fingerprint density at radius 1 is 0.263 bits per heavy atom. The van der Waals surface area contributed by atoms with E-state index in [0.717, 1.165) is 0 Å². The molecule has 4 fully saturated rings. The lowest BCUT2D eigenvalue weighted by Crippen LogP contribution is -2.44. The number of nitrogens with zero attached hydrogens (tertiary/aromatic N) is 2. The van der Waals surface area contributed by atoms with Crippen molar-refractivity contribution in [2.75, 3.05) is 0 Å². The average Bonchev–Trinajstić information content (AvgIpc) is 4.34. The van der Waals surface area contributed by atoms with Gasteiger partial charge in [0.1, 0.15) is 0 Å². The standard InChI is InChI=1S/C74H72N2/c1-5-21-51(22-6-1)73(52-23-7-2-8-24-52)65-45-49(37-41-57(65)59-43-39-55(47-67(59)73)75-69-33-17-13-29-61(69)62-30-14-18-34-70(62)75)50-38-42-58-60-44-40-56(76-71-35-19-15-31-63(71)64-32-16-20-36-72(64)76)48-68(60)74(66(58)46-50,53-25-9-3-10-26-53)54-27-11-4-12-28-54/h13-20,29-48,51-54H,1-12,21-28H2. The summed E-state index contributed by atoms with van der Waals surface area (Å²) < 4.78 is 5.18. The Hall–Kier alpha value is -6.64. The Kier molecular flexibility index (Phi) is 10.8. The van der Waals surface area contributed by atoms with Crippen molar-refractivity contribution in [1.82, 2.24) is 9.13 Å². The van der Waals surface area contributed by atoms with Crippen LogP contribution in [0, 0.1) is 23.7 Å². The van der Waals surface area contributed by atoms with Crippen LogP contribution in [-0.4, -0.2) is 9.13 Å². The van der Waals surface area contributed by atoms with Crippen molar-refractivity contribution in [3.63, 3.8) is 0 Å². The lowest BCUT2D eigenvalue weighted by Gasteiger charge is -2.49. The van der Waals surface area contributed by atoms with Crippen molar-refractivity contribution in [3.8, 4) is 44.8 Å². The zero-order valence-electron chi connectivity index (χ0n) is 44.5. The fourth-order valence-corrected chi connectivity index (χ4v) is 18.4. The molecule has 76 heavy (non-hydrogen) atoms. The molecule has 0 radical (unpaired) electrons. The Morgan fingerprint density at radius 3 is 0.829 bits per heavy atom. The summed E-state index contributed by atoms with van der Waals surface area (Å²) in [6.07, 6.45) is 27.0. The van der Waals surface area contributed by atoms with E-state index in [2.05, 4.69) is 179 Å². The summed E-state index contributed by atoms with van der Waals surface area (Å²) in [5.74, 6) is 2.54. The number of para-hydroxylation sites is 4. The number of rotatable bonds is 7. The number of aromatic nitrogens is 2. The number of hydrogen-bond acceptors (Lipinski definition) is 0. The zero-order valence-corrected chi connectivity index (χ0v) is 44.5. The van der Waals surface area contributed by atoms with Crippen LogP contribution in [0.15, 0.2) is 170 Å². The quantitative estimate of drug-likeness (QED) is 0.151. The maximum absolute atomic E-state index is 2.80. The predicted octanol–water partition coefficient (Wildman–Crippen LogP) is 20.4. The van der Waals surface area contributed by atoms with E-state index in [1.165, 1.54) is 217 Å². The van der Waals surface area contributed by atoms with Gasteiger partial charge in [0.25, 0.3) is 0 Å². The molecule has 0 saturated heterocycles. The number of fused-ring (bicyclic) bond motifs is 12. The summed E-state index contributed by atoms with van der Waals surface area (Å²) in [6.45, 7) is 0. The summed E-state index contributed by atoms with van der Waals surface area (Å²) >= 11 is 0. The van der Waals surface area contributed by atoms with Gasteiger partial charge in [0.05, 0.1) is 22.1 Å². The van der Waals surface area contributed by atoms with Gasteiger partial charge in [-0.3, -0.25) is 0 Å². The molecule has 8 aromatic carbocycles. The van der Waals surface area contributed by atoms with Crippen molar-refractivity contribution in [3.05, 3.63) is 192 Å². The Morgan fingerprint density at radius 2 is 0.526 bits per heavy atom. The molecule has 4 saturated carbocycles. The van der Waals surface area contributed by atoms with Crippen LogP contribution in [0.5, 0.6) is 0 Å². The molecular formula is C74H72N2. The van der Waals surface area contributed by atoms with E-state index in [0.29, 0.717) is 23.7 Å². The first kappa shape index (κ1) is 45.5. The van der Waals surface area contributed by atoms with Crippen LogP contribution in [0.25, 0.3) is 88.4 Å². The first-order valence-electron chi connectivity index (χ1n) is 30.3. The van der Waals surface area contributed by atoms with Crippen LogP contribution >= 0.6 is 0 Å². The minimum Gasteiger partial charge on any atom is -0.309 e. The molecule has 0 spiro atoms. The molecule has 0 aliphatic heterocycles. The van der Waals surface area contributed by atoms with Gasteiger partial charge < -0.3 is 9.13 Å². The molecule has 0 N–H and O–H groups in total. The van der Waals surface area contributed by atoms with E-state index in [1.54, 1.807) is 22.3 Å². The monoisotopic (exact) mass is 989 g/mol. The second-order valence-corrected chi connectivity index (χ2v) is 24.8. The molecule has 2 aromatic heterocycles. The second-order valence-electron chi connectivity index (χ2n) is 24.8. The molecule has 378 valence electrons. The largest absolute Gasteiger partial charge is 0.309 e. The van der Waals surface area contributed by atoms with Crippen molar-refractivity contribution < 1.29 is 0 Å². The topological polar surface area (TPSA) is 9.86 Å². The smallest absolute Gasteiger partial charge is 0.0541 e. The van der Waals surface area contributed by atoms with Crippen molar-refractivity contribution in [2.45, 2.75) is 139 Å². The van der Waals surface area contributed by atoms with Gasteiger partial charge in [-0.1, -0.05) is 186 Å². The zero-order chi connectivity index (χ0) is 50.0. The molecule has 0 unspecified atom stereocenters. The molecule has 6 aliphatic rings. The highest BCUT2D eigenvalue weighted by Gasteiger charge is 2.55. The third kappa shape index (κ3) is 6.52. The fourth-order valence-electron chi connectivity index (χ4n) is 18.4. The van der Waals surface area contributed by atoms with Gasteiger partial charge in [-0.05, 0) is 191 Å². The van der Waals surface area contributed by atoms with Crippen LogP contribution in [-0.2, 0) is 10.8 Å². The lowest BCUT2D eigenvalue weighted by atomic mass is 9.54. The Balaban J connectivity index is 0.897. The molecule has 0 amide bonds. The van der Waals surface area contributed by atoms with E-state index in [4.69, 9.17) is 0 Å². The molecule has 2 nitrogen and oxygen atoms in total. The SMILES string of the molecule is c1ccc2c(c1)c1ccccc1n2-c1ccc2c(c1)C(C1CCCCC1)(C1CCCCC1)c1cc(-c3ccc4c(c3)C(C3CCCCC3)(C3CCCCC3)c3cc(-n5c6ccccc6c6ccccc65)ccc3-4)ccc1-2. The molecule has 0 atom stereocenters. The average molecular weight is 989 g/mol. The molecular weight excluding hydrogens is 917 g/mol. The highest BCUT2D eigenvalue weighted by Crippen LogP contribution is 2.65. The van der Waals surface area contributed by atoms with Gasteiger partial charge in [-0.15, -0.1) is 0 Å². The number of hydrogen-bond donors (Lipinski definition) is 0. The van der Waals surface area contributed by atoms with Crippen LogP contribution < -0.4 is 0 Å². The minimum atomic E-state index is -0.0135. The maximum Gasteiger partial charge on any atom is 0.0541 e. The molecule has 0 bridgehead atoms. The third-order valence-corrected chi connectivity index (χ3v) is 21.4. The van der Waals surface area contributed by atoms with Gasteiger partial charge in [-0.2, -0.15) is 0 Å². The van der Waals surface area contributed by atoms with Gasteiger partial charge in [0, 0.05) is 43.7 Å². The molecule has 2 heterocycles. The van der Waals surface area contributed by atoms with Gasteiger partial charge in [0.15, 0.2) is 0 Å². The Bertz CT molecular complexity index is 3490. The lowest BCUT2D eigenvalue weighted by molar-refractivity contribution is 0.137. The van der Waals surface area contributed by atoms with Crippen molar-refractivity contribution in [2.24, 2.45) is 23.7 Å². The fraction of sp³-hybridized carbons (Fsp3) is 0.351. The van der Waals surface area contributed by atoms with Gasteiger partial charge >= 0.3 is 0 Å². The molecule has 16 rings (SSSR count). The second kappa shape index (κ2) is 18.0. The van der Waals surface area contributed by atoms with Crippen LogP contribution in [0.2, 0.25) is 0 Å². The van der Waals surface area contributed by atoms with Crippen LogP contribution in [0.4, 0.5) is 0 Å². The summed E-state index contributed by atoms with van der Waals surface area (Å²) in [5.41, 5.74) is 23.3. The predicted molar refractivity (Wildman–Crippen MR) is 319 cm³/mol. The summed E-state index contributed by atoms with van der Waals surface area (Å²) in [5, 5.41) is 5.37. The van der Waals surface area contributed by atoms with Crippen LogP contribution in [0.1, 0.15) is 151 Å². The first-order chi connectivity index (χ1) is 37.7. The van der Waals surface area contributed by atoms with E-state index in [1.807, 2.05) is 0 Å². The number of benzene rings is 8. The van der Waals surface area contributed by atoms with Gasteiger partial charge in [-0.25, -0.2) is 0 Å². The van der Waals surface area contributed by atoms with E-state index in [-0.39, 0.29) is 10.8 Å². The van der Waals surface area contributed by atoms with Crippen molar-refractivity contribution >= 4 is 43.6 Å². The van der Waals surface area contributed by atoms with Gasteiger partial charge in [0.2, 0.25) is 0 Å². The third-order valence-electron chi connectivity index (χ3n) is 21.4. The van der Waals surface area contributed by atoms with Crippen molar-refractivity contribution in [1.29, 1.82) is 0 Å². The first-order valence-corrected chi connectivity index (χ1v) is 30.3. The maximum atomic E-state index is 2.80. The Labute approximate surface area is 450 Å².